The van der Waals surface area contributed by atoms with Crippen LogP contribution in [-0.4, -0.2) is 129 Å². The molecule has 0 saturated heterocycles. The molecule has 0 fully saturated rings. The molecule has 0 aliphatic carbocycles. The first-order valence-electron chi connectivity index (χ1n) is 42.4. The zero-order chi connectivity index (χ0) is 86.8. The minimum atomic E-state index is -4.45. The van der Waals surface area contributed by atoms with Crippen LogP contribution in [0.3, 0.4) is 0 Å². The Balaban J connectivity index is 1.77. The summed E-state index contributed by atoms with van der Waals surface area (Å²) in [5, 5.41) is 0. The standard InChI is InChI=1S/C95H145N5O10S5/c1-61(2)76-51-81(66(11)12)91(82(52-76)67(13)14)111(101,102)96-41-31-33-43-97(112(103,104)92-83(68(15)16)53-77(62(3)4)54-84(92)69(17)18)45-35-37-47-99(114(107,108)94-87(72(23)24)57-79(64(7)8)58-88(94)73(25)26)49-39-40-50-100(115(109,110)95-89(74(27)28)59-80(65(9)10)60-90(95)75(29)30)48-38-36-46-98(44-34-32-42-96)113(105,106)93-85(70(19)20)55-78(63(5)6)56-86(93)71(21)22/h31-40,51-75H,41-50H2,1-30H3/b33-31+,34-32+,37-35+,38-36+,40-39+. The predicted molar refractivity (Wildman–Crippen MR) is 483 cm³/mol. The van der Waals surface area contributed by atoms with E-state index in [1.165, 1.54) is 21.5 Å². The minimum absolute atomic E-state index is 0.0867. The molecule has 0 unspecified atom stereocenters. The maximum atomic E-state index is 16.2. The van der Waals surface area contributed by atoms with E-state index in [0.717, 1.165) is 27.8 Å². The van der Waals surface area contributed by atoms with Gasteiger partial charge in [-0.15, -0.1) is 0 Å². The summed E-state index contributed by atoms with van der Waals surface area (Å²) in [5.74, 6) is -1.78. The molecule has 15 nitrogen and oxygen atoms in total. The van der Waals surface area contributed by atoms with E-state index >= 15 is 42.1 Å². The third-order valence-corrected chi connectivity index (χ3v) is 32.1. The maximum absolute atomic E-state index is 16.2. The molecule has 0 aromatic heterocycles. The largest absolute Gasteiger partial charge is 0.244 e. The summed E-state index contributed by atoms with van der Waals surface area (Å²) in [6.45, 7) is 58.5. The van der Waals surface area contributed by atoms with Gasteiger partial charge in [-0.05, 0) is 172 Å². The lowest BCUT2D eigenvalue weighted by Gasteiger charge is -2.28. The van der Waals surface area contributed by atoms with Gasteiger partial charge in [-0.25, -0.2) is 42.1 Å². The summed E-state index contributed by atoms with van der Waals surface area (Å²) in [5.41, 5.74) is 11.6. The Morgan fingerprint density at radius 2 is 0.252 bits per heavy atom. The molecule has 1 aliphatic heterocycles. The normalized spacial score (nSPS) is 17.6. The van der Waals surface area contributed by atoms with Crippen molar-refractivity contribution in [1.82, 2.24) is 21.5 Å². The number of hydrogen-bond acceptors (Lipinski definition) is 10. The third kappa shape index (κ3) is 23.3. The summed E-state index contributed by atoms with van der Waals surface area (Å²) in [7, 11) is -22.2. The maximum Gasteiger partial charge on any atom is 0.244 e. The van der Waals surface area contributed by atoms with Gasteiger partial charge in [0.25, 0.3) is 0 Å². The van der Waals surface area contributed by atoms with Gasteiger partial charge < -0.3 is 0 Å². The Labute approximate surface area is 700 Å². The lowest BCUT2D eigenvalue weighted by molar-refractivity contribution is 0.458. The molecule has 1 aliphatic rings. The van der Waals surface area contributed by atoms with Crippen molar-refractivity contribution in [3.8, 4) is 0 Å². The van der Waals surface area contributed by atoms with E-state index in [1.807, 2.05) is 199 Å². The lowest BCUT2D eigenvalue weighted by Crippen LogP contribution is -2.35. The smallest absolute Gasteiger partial charge is 0.207 e. The van der Waals surface area contributed by atoms with Gasteiger partial charge in [-0.2, -0.15) is 21.5 Å². The first-order valence-corrected chi connectivity index (χ1v) is 49.6. The Morgan fingerprint density at radius 3 is 0.322 bits per heavy atom. The van der Waals surface area contributed by atoms with E-state index in [-0.39, 0.29) is 179 Å². The van der Waals surface area contributed by atoms with Crippen molar-refractivity contribution in [2.75, 3.05) is 65.4 Å². The molecular weight excluding hydrogens is 1530 g/mol. The number of nitrogens with zero attached hydrogens (tertiary/aromatic N) is 5. The van der Waals surface area contributed by atoms with Crippen LogP contribution in [0, 0.1) is 0 Å². The Bertz CT molecular complexity index is 4030. The van der Waals surface area contributed by atoms with Gasteiger partial charge in [0.05, 0.1) is 24.5 Å². The van der Waals surface area contributed by atoms with Crippen molar-refractivity contribution in [3.63, 3.8) is 0 Å². The number of rotatable bonds is 25. The molecule has 0 spiro atoms. The quantitative estimate of drug-likeness (QED) is 0.0509. The molecule has 20 heteroatoms. The fraction of sp³-hybridized carbons (Fsp3) is 0.579. The number of sulfonamides is 5. The highest BCUT2D eigenvalue weighted by Crippen LogP contribution is 2.44. The van der Waals surface area contributed by atoms with Crippen LogP contribution < -0.4 is 0 Å². The van der Waals surface area contributed by atoms with Gasteiger partial charge in [0, 0.05) is 65.4 Å². The molecule has 115 heavy (non-hydrogen) atoms. The molecule has 1 heterocycles. The zero-order valence-electron chi connectivity index (χ0n) is 75.6. The molecule has 0 radical (unpaired) electrons. The van der Waals surface area contributed by atoms with Gasteiger partial charge in [-0.1, -0.05) is 329 Å². The monoisotopic (exact) mass is 1680 g/mol. The fourth-order valence-corrected chi connectivity index (χ4v) is 24.9. The average molecular weight is 1680 g/mol. The Hall–Kier alpha value is -5.65. The van der Waals surface area contributed by atoms with Gasteiger partial charge >= 0.3 is 0 Å². The average Bonchev–Trinajstić information content (AvgIpc) is 0.785. The SMILES string of the molecule is CC(C)c1cc(C(C)C)c(S(=O)(=O)N2C/C=C/CN(S(=O)(=O)c3c(C(C)C)cc(C(C)C)cc3C(C)C)C/C=C/CN(S(=O)(=O)c3c(C(C)C)cc(C(C)C)cc3C(C)C)C/C=C/CN(S(=O)(=O)c3c(C(C)C)cc(C(C)C)cc3C(C)C)C/C=C/CN(S(=O)(=O)c3c(C(C)C)cc(C(C)C)cc3C(C)C)C/C=C/C2)c(C(C)C)c1. The molecule has 5 aromatic rings. The second-order valence-electron chi connectivity index (χ2n) is 36.4. The van der Waals surface area contributed by atoms with Gasteiger partial charge in [0.2, 0.25) is 50.1 Å². The summed E-state index contributed by atoms with van der Waals surface area (Å²) < 4.78 is 169. The van der Waals surface area contributed by atoms with Gasteiger partial charge in [0.1, 0.15) is 0 Å². The highest BCUT2D eigenvalue weighted by Gasteiger charge is 2.38. The summed E-state index contributed by atoms with van der Waals surface area (Å²) in [4.78, 5) is 0.973. The topological polar surface area (TPSA) is 187 Å². The fourth-order valence-electron chi connectivity index (χ4n) is 14.9. The molecule has 0 atom stereocenters. The number of hydrogen-bond donors (Lipinski definition) is 0. The highest BCUT2D eigenvalue weighted by molar-refractivity contribution is 7.90. The summed E-state index contributed by atoms with van der Waals surface area (Å²) >= 11 is 0. The van der Waals surface area contributed by atoms with Crippen molar-refractivity contribution in [1.29, 1.82) is 0 Å². The van der Waals surface area contributed by atoms with Gasteiger partial charge in [0.15, 0.2) is 0 Å². The molecule has 5 aromatic carbocycles. The van der Waals surface area contributed by atoms with Crippen LogP contribution in [-0.2, 0) is 50.1 Å². The van der Waals surface area contributed by atoms with E-state index in [0.29, 0.717) is 55.6 Å². The molecule has 0 N–H and O–H groups in total. The first-order chi connectivity index (χ1) is 53.3. The highest BCUT2D eigenvalue weighted by atomic mass is 32.2. The third-order valence-electron chi connectivity index (χ3n) is 22.3. The Kier molecular flexibility index (Phi) is 35.1. The van der Waals surface area contributed by atoms with E-state index in [9.17, 15) is 0 Å². The molecule has 0 bridgehead atoms. The predicted octanol–water partition coefficient (Wildman–Crippen LogP) is 23.1. The van der Waals surface area contributed by atoms with Crippen molar-refractivity contribution < 1.29 is 42.1 Å². The van der Waals surface area contributed by atoms with Crippen LogP contribution in [0.4, 0.5) is 0 Å². The molecule has 640 valence electrons. The molecule has 6 rings (SSSR count). The molecule has 0 saturated carbocycles. The zero-order valence-corrected chi connectivity index (χ0v) is 79.7. The van der Waals surface area contributed by atoms with Crippen molar-refractivity contribution in [2.45, 2.75) is 321 Å². The minimum Gasteiger partial charge on any atom is -0.207 e. The van der Waals surface area contributed by atoms with Crippen molar-refractivity contribution >= 4 is 50.1 Å². The van der Waals surface area contributed by atoms with Crippen LogP contribution in [0.5, 0.6) is 0 Å². The first kappa shape index (κ1) is 98.2. The van der Waals surface area contributed by atoms with Crippen molar-refractivity contribution in [2.24, 2.45) is 0 Å². The van der Waals surface area contributed by atoms with Crippen LogP contribution in [0.15, 0.2) is 146 Å². The van der Waals surface area contributed by atoms with Crippen LogP contribution in [0.2, 0.25) is 0 Å². The summed E-state index contributed by atoms with van der Waals surface area (Å²) in [6, 6.07) is 20.0. The van der Waals surface area contributed by atoms with E-state index in [1.54, 1.807) is 60.8 Å². The Morgan fingerprint density at radius 1 is 0.165 bits per heavy atom. The van der Waals surface area contributed by atoms with Crippen LogP contribution >= 0.6 is 0 Å². The van der Waals surface area contributed by atoms with E-state index < -0.39 is 50.1 Å². The van der Waals surface area contributed by atoms with E-state index in [4.69, 9.17) is 0 Å². The van der Waals surface area contributed by atoms with E-state index in [2.05, 4.69) is 69.2 Å². The van der Waals surface area contributed by atoms with Gasteiger partial charge in [-0.3, -0.25) is 0 Å². The second-order valence-corrected chi connectivity index (χ2v) is 45.8. The second kappa shape index (κ2) is 41.1. The molecular formula is C95H145N5O10S5. The summed E-state index contributed by atoms with van der Waals surface area (Å²) in [6.07, 6.45) is 16.9. The van der Waals surface area contributed by atoms with Crippen LogP contribution in [0.1, 0.15) is 380 Å². The number of benzene rings is 5. The lowest BCUT2D eigenvalue weighted by atomic mass is 9.89. The van der Waals surface area contributed by atoms with Crippen molar-refractivity contribution in [3.05, 3.63) is 205 Å². The molecule has 0 amide bonds. The van der Waals surface area contributed by atoms with Crippen LogP contribution in [0.25, 0.3) is 0 Å².